The first-order valence-electron chi connectivity index (χ1n) is 8.28. The number of carbonyl (C=O) groups excluding carboxylic acids is 1. The summed E-state index contributed by atoms with van der Waals surface area (Å²) in [6.45, 7) is 1.78. The van der Waals surface area contributed by atoms with Crippen LogP contribution in [0.15, 0.2) is 61.1 Å². The average Bonchev–Trinajstić information content (AvgIpc) is 2.98. The van der Waals surface area contributed by atoms with Crippen molar-refractivity contribution < 1.29 is 18.3 Å². The van der Waals surface area contributed by atoms with Crippen molar-refractivity contribution in [3.63, 3.8) is 0 Å². The number of hydrogen-bond acceptors (Lipinski definition) is 4. The SMILES string of the molecule is C[C@]1(c2cncc(-c3ncccc3F)c2)NC(=O)O[C@@H]1c1ccc(F)cc1. The van der Waals surface area contributed by atoms with Gasteiger partial charge in [-0.1, -0.05) is 12.1 Å². The highest BCUT2D eigenvalue weighted by molar-refractivity contribution is 5.73. The van der Waals surface area contributed by atoms with Crippen LogP contribution in [0.4, 0.5) is 13.6 Å². The van der Waals surface area contributed by atoms with Gasteiger partial charge in [0.1, 0.15) is 22.9 Å². The number of hydrogen-bond donors (Lipinski definition) is 1. The number of nitrogens with one attached hydrogen (secondary N) is 1. The summed E-state index contributed by atoms with van der Waals surface area (Å²) < 4.78 is 32.8. The van der Waals surface area contributed by atoms with Crippen molar-refractivity contribution in [2.45, 2.75) is 18.6 Å². The Labute approximate surface area is 154 Å². The molecule has 1 aliphatic heterocycles. The normalized spacial score (nSPS) is 21.6. The van der Waals surface area contributed by atoms with Crippen molar-refractivity contribution in [3.8, 4) is 11.3 Å². The van der Waals surface area contributed by atoms with Gasteiger partial charge in [0.05, 0.1) is 0 Å². The van der Waals surface area contributed by atoms with Gasteiger partial charge < -0.3 is 10.1 Å². The van der Waals surface area contributed by atoms with Gasteiger partial charge in [0.2, 0.25) is 0 Å². The lowest BCUT2D eigenvalue weighted by atomic mass is 9.84. The van der Waals surface area contributed by atoms with E-state index >= 15 is 0 Å². The maximum atomic E-state index is 14.1. The summed E-state index contributed by atoms with van der Waals surface area (Å²) >= 11 is 0. The van der Waals surface area contributed by atoms with Crippen LogP contribution in [0.5, 0.6) is 0 Å². The second-order valence-corrected chi connectivity index (χ2v) is 6.46. The minimum absolute atomic E-state index is 0.166. The van der Waals surface area contributed by atoms with Gasteiger partial charge in [0.25, 0.3) is 0 Å². The molecule has 3 aromatic rings. The first kappa shape index (κ1) is 17.1. The van der Waals surface area contributed by atoms with Crippen LogP contribution in [0.1, 0.15) is 24.2 Å². The summed E-state index contributed by atoms with van der Waals surface area (Å²) in [4.78, 5) is 20.2. The third-order valence-corrected chi connectivity index (χ3v) is 4.65. The predicted octanol–water partition coefficient (Wildman–Crippen LogP) is 4.12. The smallest absolute Gasteiger partial charge is 0.408 e. The number of rotatable bonds is 3. The minimum atomic E-state index is -0.969. The Morgan fingerprint density at radius 3 is 2.67 bits per heavy atom. The molecule has 0 spiro atoms. The second kappa shape index (κ2) is 6.42. The lowest BCUT2D eigenvalue weighted by molar-refractivity contribution is 0.112. The number of carbonyl (C=O) groups is 1. The maximum absolute atomic E-state index is 14.1. The van der Waals surface area contributed by atoms with Crippen molar-refractivity contribution in [2.24, 2.45) is 0 Å². The van der Waals surface area contributed by atoms with Gasteiger partial charge in [-0.2, -0.15) is 0 Å². The summed E-state index contributed by atoms with van der Waals surface area (Å²) in [5.41, 5.74) is 0.921. The van der Waals surface area contributed by atoms with E-state index in [4.69, 9.17) is 4.74 Å². The van der Waals surface area contributed by atoms with Gasteiger partial charge in [0.15, 0.2) is 6.10 Å². The van der Waals surface area contributed by atoms with E-state index in [0.29, 0.717) is 16.7 Å². The van der Waals surface area contributed by atoms with E-state index in [1.54, 1.807) is 31.3 Å². The Morgan fingerprint density at radius 2 is 1.93 bits per heavy atom. The van der Waals surface area contributed by atoms with E-state index in [2.05, 4.69) is 15.3 Å². The van der Waals surface area contributed by atoms with E-state index in [0.717, 1.165) is 0 Å². The van der Waals surface area contributed by atoms with Gasteiger partial charge in [0, 0.05) is 29.7 Å². The monoisotopic (exact) mass is 367 g/mol. The lowest BCUT2D eigenvalue weighted by Crippen LogP contribution is -2.39. The molecule has 1 aromatic carbocycles. The number of aromatic nitrogens is 2. The number of nitrogens with zero attached hydrogens (tertiary/aromatic N) is 2. The molecule has 1 fully saturated rings. The highest BCUT2D eigenvalue weighted by atomic mass is 19.1. The standard InChI is InChI=1S/C20H15F2N3O2/c1-20(18(27-19(26)25-20)12-4-6-15(21)7-5-12)14-9-13(10-23-11-14)17-16(22)3-2-8-24-17/h2-11,18H,1H3,(H,25,26)/t18-,20-/m1/s1. The Hall–Kier alpha value is -3.35. The molecular weight excluding hydrogens is 352 g/mol. The van der Waals surface area contributed by atoms with Crippen LogP contribution in [0.2, 0.25) is 0 Å². The van der Waals surface area contributed by atoms with Crippen LogP contribution < -0.4 is 5.32 Å². The highest BCUT2D eigenvalue weighted by Crippen LogP contribution is 2.42. The molecule has 1 saturated heterocycles. The number of benzene rings is 1. The molecule has 7 heteroatoms. The molecule has 136 valence electrons. The van der Waals surface area contributed by atoms with Gasteiger partial charge in [-0.25, -0.2) is 13.6 Å². The van der Waals surface area contributed by atoms with Crippen LogP contribution in [-0.4, -0.2) is 16.1 Å². The third-order valence-electron chi connectivity index (χ3n) is 4.65. The van der Waals surface area contributed by atoms with E-state index < -0.39 is 23.6 Å². The maximum Gasteiger partial charge on any atom is 0.408 e. The number of pyridine rings is 2. The molecule has 0 bridgehead atoms. The minimum Gasteiger partial charge on any atom is -0.438 e. The van der Waals surface area contributed by atoms with Crippen LogP contribution in [0.25, 0.3) is 11.3 Å². The fourth-order valence-electron chi connectivity index (χ4n) is 3.25. The predicted molar refractivity (Wildman–Crippen MR) is 93.5 cm³/mol. The molecular formula is C20H15F2N3O2. The summed E-state index contributed by atoms with van der Waals surface area (Å²) in [5, 5.41) is 2.79. The summed E-state index contributed by atoms with van der Waals surface area (Å²) in [7, 11) is 0. The molecule has 0 radical (unpaired) electrons. The average molecular weight is 367 g/mol. The Bertz CT molecular complexity index is 1010. The molecule has 0 aliphatic carbocycles. The fourth-order valence-corrected chi connectivity index (χ4v) is 3.25. The van der Waals surface area contributed by atoms with Crippen LogP contribution in [0, 0.1) is 11.6 Å². The molecule has 2 atom stereocenters. The summed E-state index contributed by atoms with van der Waals surface area (Å²) in [6, 6.07) is 10.3. The Balaban J connectivity index is 1.78. The van der Waals surface area contributed by atoms with Gasteiger partial charge in [-0.15, -0.1) is 0 Å². The zero-order valence-corrected chi connectivity index (χ0v) is 14.3. The number of halogens is 2. The molecule has 4 rings (SSSR count). The van der Waals surface area contributed by atoms with Crippen molar-refractivity contribution in [2.75, 3.05) is 0 Å². The first-order chi connectivity index (χ1) is 13.0. The number of amides is 1. The van der Waals surface area contributed by atoms with E-state index in [1.807, 2.05) is 0 Å². The van der Waals surface area contributed by atoms with Crippen LogP contribution in [-0.2, 0) is 10.3 Å². The van der Waals surface area contributed by atoms with Gasteiger partial charge in [-0.3, -0.25) is 9.97 Å². The van der Waals surface area contributed by atoms with Crippen molar-refractivity contribution in [3.05, 3.63) is 83.8 Å². The molecule has 0 saturated carbocycles. The van der Waals surface area contributed by atoms with E-state index in [-0.39, 0.29) is 11.5 Å². The summed E-state index contributed by atoms with van der Waals surface area (Å²) in [6.07, 6.45) is 3.28. The molecule has 3 heterocycles. The van der Waals surface area contributed by atoms with E-state index in [1.165, 1.54) is 36.7 Å². The third kappa shape index (κ3) is 3.01. The Morgan fingerprint density at radius 1 is 1.15 bits per heavy atom. The second-order valence-electron chi connectivity index (χ2n) is 6.46. The quantitative estimate of drug-likeness (QED) is 0.756. The van der Waals surface area contributed by atoms with Crippen LogP contribution in [0.3, 0.4) is 0 Å². The largest absolute Gasteiger partial charge is 0.438 e. The number of cyclic esters (lactones) is 1. The van der Waals surface area contributed by atoms with Gasteiger partial charge >= 0.3 is 6.09 Å². The lowest BCUT2D eigenvalue weighted by Gasteiger charge is -2.29. The number of ether oxygens (including phenoxy) is 1. The van der Waals surface area contributed by atoms with E-state index in [9.17, 15) is 13.6 Å². The zero-order chi connectivity index (χ0) is 19.0. The fraction of sp³-hybridized carbons (Fsp3) is 0.150. The molecule has 1 aliphatic rings. The Kier molecular flexibility index (Phi) is 4.07. The molecule has 1 amide bonds. The van der Waals surface area contributed by atoms with Crippen molar-refractivity contribution >= 4 is 6.09 Å². The topological polar surface area (TPSA) is 64.1 Å². The molecule has 2 aromatic heterocycles. The van der Waals surface area contributed by atoms with Crippen molar-refractivity contribution in [1.29, 1.82) is 0 Å². The van der Waals surface area contributed by atoms with Gasteiger partial charge in [-0.05, 0) is 42.8 Å². The number of alkyl carbamates (subject to hydrolysis) is 1. The van der Waals surface area contributed by atoms with Crippen molar-refractivity contribution in [1.82, 2.24) is 15.3 Å². The van der Waals surface area contributed by atoms with Crippen LogP contribution >= 0.6 is 0 Å². The highest BCUT2D eigenvalue weighted by Gasteiger charge is 2.47. The summed E-state index contributed by atoms with van der Waals surface area (Å²) in [5.74, 6) is -0.851. The first-order valence-corrected chi connectivity index (χ1v) is 8.28. The molecule has 27 heavy (non-hydrogen) atoms. The zero-order valence-electron chi connectivity index (χ0n) is 14.3. The molecule has 0 unspecified atom stereocenters. The molecule has 1 N–H and O–H groups in total. The molecule has 5 nitrogen and oxygen atoms in total.